The smallest absolute Gasteiger partial charge is 0.183 e. The number of aromatic amines is 1. The summed E-state index contributed by atoms with van der Waals surface area (Å²) in [5.41, 5.74) is 13.4. The van der Waals surface area contributed by atoms with Gasteiger partial charge in [-0.2, -0.15) is 0 Å². The molecule has 5 N–H and O–H groups in total. The van der Waals surface area contributed by atoms with E-state index in [1.807, 2.05) is 6.92 Å². The average Bonchev–Trinajstić information content (AvgIpc) is 2.82. The van der Waals surface area contributed by atoms with E-state index in [1.54, 1.807) is 0 Å². The first-order valence-electron chi connectivity index (χ1n) is 4.84. The zero-order chi connectivity index (χ0) is 12.0. The summed E-state index contributed by atoms with van der Waals surface area (Å²) in [5, 5.41) is 0.511. The quantitative estimate of drug-likeness (QED) is 0.589. The Morgan fingerprint density at radius 2 is 2.06 bits per heavy atom. The van der Waals surface area contributed by atoms with Crippen molar-refractivity contribution in [2.45, 2.75) is 6.92 Å². The van der Waals surface area contributed by atoms with Crippen molar-refractivity contribution in [2.75, 3.05) is 11.5 Å². The molecule has 0 atom stereocenters. The second-order valence-electron chi connectivity index (χ2n) is 3.51. The van der Waals surface area contributed by atoms with Gasteiger partial charge in [-0.25, -0.2) is 19.9 Å². The number of thiazole rings is 1. The summed E-state index contributed by atoms with van der Waals surface area (Å²) in [6.07, 6.45) is 1.39. The van der Waals surface area contributed by atoms with Crippen LogP contribution in [0, 0.1) is 6.92 Å². The van der Waals surface area contributed by atoms with Crippen molar-refractivity contribution < 1.29 is 0 Å². The van der Waals surface area contributed by atoms with E-state index in [0.29, 0.717) is 27.9 Å². The van der Waals surface area contributed by atoms with E-state index >= 15 is 0 Å². The number of aryl methyl sites for hydroxylation is 1. The number of anilines is 2. The number of fused-ring (bicyclic) bond motifs is 1. The van der Waals surface area contributed by atoms with Crippen LogP contribution in [0.5, 0.6) is 0 Å². The van der Waals surface area contributed by atoms with Crippen LogP contribution in [0.2, 0.25) is 0 Å². The number of rotatable bonds is 1. The Labute approximate surface area is 99.9 Å². The highest BCUT2D eigenvalue weighted by Crippen LogP contribution is 2.30. The second kappa shape index (κ2) is 3.39. The molecule has 0 aliphatic rings. The van der Waals surface area contributed by atoms with Gasteiger partial charge in [0, 0.05) is 0 Å². The SMILES string of the molecule is Cc1nc(N)sc1-c1nc2ncnc(N)c2[nH]1. The number of imidazole rings is 1. The molecule has 3 aromatic heterocycles. The van der Waals surface area contributed by atoms with Crippen LogP contribution in [0.25, 0.3) is 21.9 Å². The van der Waals surface area contributed by atoms with E-state index in [9.17, 15) is 0 Å². The summed E-state index contributed by atoms with van der Waals surface area (Å²) in [7, 11) is 0. The van der Waals surface area contributed by atoms with E-state index in [2.05, 4.69) is 24.9 Å². The number of hydrogen-bond acceptors (Lipinski definition) is 7. The maximum atomic E-state index is 5.73. The highest BCUT2D eigenvalue weighted by atomic mass is 32.1. The third-order valence-electron chi connectivity index (χ3n) is 2.35. The molecular formula is C9H9N7S. The molecule has 3 aromatic rings. The van der Waals surface area contributed by atoms with Crippen molar-refractivity contribution in [1.82, 2.24) is 24.9 Å². The third-order valence-corrected chi connectivity index (χ3v) is 3.34. The number of nitrogens with one attached hydrogen (secondary N) is 1. The van der Waals surface area contributed by atoms with Crippen molar-refractivity contribution in [3.8, 4) is 10.7 Å². The molecule has 0 aliphatic heterocycles. The standard InChI is InChI=1S/C9H9N7S/c1-3-5(17-9(11)14-3)8-15-4-6(10)12-2-13-7(4)16-8/h2H,1H3,(H2,11,14)(H3,10,12,13,15,16). The lowest BCUT2D eigenvalue weighted by molar-refractivity contribution is 1.21. The lowest BCUT2D eigenvalue weighted by atomic mass is 10.4. The molecule has 0 amide bonds. The second-order valence-corrected chi connectivity index (χ2v) is 4.54. The minimum atomic E-state index is 0.379. The van der Waals surface area contributed by atoms with Crippen molar-refractivity contribution >= 4 is 33.5 Å². The predicted octanol–water partition coefficient (Wildman–Crippen LogP) is 0.949. The summed E-state index contributed by atoms with van der Waals surface area (Å²) < 4.78 is 0. The number of aromatic nitrogens is 5. The molecule has 3 rings (SSSR count). The van der Waals surface area contributed by atoms with Crippen LogP contribution in [0.15, 0.2) is 6.33 Å². The van der Waals surface area contributed by atoms with Crippen LogP contribution < -0.4 is 11.5 Å². The third kappa shape index (κ3) is 1.49. The molecule has 0 saturated carbocycles. The molecule has 0 aromatic carbocycles. The number of nitrogens with two attached hydrogens (primary N) is 2. The normalized spacial score (nSPS) is 11.1. The first-order valence-corrected chi connectivity index (χ1v) is 5.66. The number of hydrogen-bond donors (Lipinski definition) is 3. The minimum absolute atomic E-state index is 0.379. The molecule has 86 valence electrons. The fourth-order valence-corrected chi connectivity index (χ4v) is 2.37. The molecule has 0 fully saturated rings. The van der Waals surface area contributed by atoms with Crippen LogP contribution in [-0.4, -0.2) is 24.9 Å². The van der Waals surface area contributed by atoms with Crippen molar-refractivity contribution in [2.24, 2.45) is 0 Å². The Balaban J connectivity index is 2.25. The zero-order valence-corrected chi connectivity index (χ0v) is 9.75. The Bertz CT molecular complexity index is 699. The summed E-state index contributed by atoms with van der Waals surface area (Å²) >= 11 is 1.37. The summed E-state index contributed by atoms with van der Waals surface area (Å²) in [6.45, 7) is 1.88. The van der Waals surface area contributed by atoms with Crippen LogP contribution in [0.1, 0.15) is 5.69 Å². The molecule has 0 spiro atoms. The van der Waals surface area contributed by atoms with Gasteiger partial charge >= 0.3 is 0 Å². The van der Waals surface area contributed by atoms with E-state index < -0.39 is 0 Å². The lowest BCUT2D eigenvalue weighted by Crippen LogP contribution is -1.91. The van der Waals surface area contributed by atoms with Gasteiger partial charge in [0.1, 0.15) is 11.8 Å². The fourth-order valence-electron chi connectivity index (χ4n) is 1.59. The molecule has 0 unspecified atom stereocenters. The zero-order valence-electron chi connectivity index (χ0n) is 8.93. The summed E-state index contributed by atoms with van der Waals surface area (Å²) in [4.78, 5) is 20.4. The first kappa shape index (κ1) is 9.97. The number of nitrogens with zero attached hydrogens (tertiary/aromatic N) is 4. The van der Waals surface area contributed by atoms with Crippen LogP contribution in [-0.2, 0) is 0 Å². The molecule has 0 radical (unpaired) electrons. The number of nitrogen functional groups attached to an aromatic ring is 2. The van der Waals surface area contributed by atoms with E-state index in [4.69, 9.17) is 11.5 Å². The molecule has 0 aliphatic carbocycles. The van der Waals surface area contributed by atoms with Crippen LogP contribution >= 0.6 is 11.3 Å². The summed E-state index contributed by atoms with van der Waals surface area (Å²) in [6, 6.07) is 0. The minimum Gasteiger partial charge on any atom is -0.382 e. The lowest BCUT2D eigenvalue weighted by Gasteiger charge is -1.91. The Kier molecular flexibility index (Phi) is 1.99. The van der Waals surface area contributed by atoms with E-state index in [0.717, 1.165) is 10.6 Å². The highest BCUT2D eigenvalue weighted by molar-refractivity contribution is 7.18. The van der Waals surface area contributed by atoms with Crippen molar-refractivity contribution in [3.63, 3.8) is 0 Å². The van der Waals surface area contributed by atoms with Gasteiger partial charge in [0.25, 0.3) is 0 Å². The van der Waals surface area contributed by atoms with Crippen molar-refractivity contribution in [3.05, 3.63) is 12.0 Å². The van der Waals surface area contributed by atoms with Gasteiger partial charge in [-0.15, -0.1) is 0 Å². The predicted molar refractivity (Wildman–Crippen MR) is 66.4 cm³/mol. The maximum Gasteiger partial charge on any atom is 0.183 e. The molecule has 3 heterocycles. The van der Waals surface area contributed by atoms with Gasteiger partial charge in [-0.05, 0) is 6.92 Å². The van der Waals surface area contributed by atoms with Gasteiger partial charge in [-0.3, -0.25) is 0 Å². The van der Waals surface area contributed by atoms with E-state index in [1.165, 1.54) is 17.7 Å². The molecule has 8 heteroatoms. The van der Waals surface area contributed by atoms with Gasteiger partial charge < -0.3 is 16.5 Å². The summed E-state index contributed by atoms with van der Waals surface area (Å²) in [5.74, 6) is 1.04. The molecule has 0 saturated heterocycles. The molecule has 0 bridgehead atoms. The largest absolute Gasteiger partial charge is 0.382 e. The van der Waals surface area contributed by atoms with Gasteiger partial charge in [0.2, 0.25) is 0 Å². The molecule has 7 nitrogen and oxygen atoms in total. The highest BCUT2D eigenvalue weighted by Gasteiger charge is 2.14. The fraction of sp³-hybridized carbons (Fsp3) is 0.111. The van der Waals surface area contributed by atoms with Crippen LogP contribution in [0.3, 0.4) is 0 Å². The Hall–Kier alpha value is -2.22. The first-order chi connectivity index (χ1) is 8.15. The Morgan fingerprint density at radius 1 is 1.24 bits per heavy atom. The van der Waals surface area contributed by atoms with E-state index in [-0.39, 0.29) is 0 Å². The van der Waals surface area contributed by atoms with Gasteiger partial charge in [0.05, 0.1) is 10.6 Å². The topological polar surface area (TPSA) is 119 Å². The molecular weight excluding hydrogens is 238 g/mol. The maximum absolute atomic E-state index is 5.73. The average molecular weight is 247 g/mol. The monoisotopic (exact) mass is 247 g/mol. The molecule has 17 heavy (non-hydrogen) atoms. The van der Waals surface area contributed by atoms with Gasteiger partial charge in [0.15, 0.2) is 22.4 Å². The Morgan fingerprint density at radius 3 is 2.71 bits per heavy atom. The van der Waals surface area contributed by atoms with Crippen LogP contribution in [0.4, 0.5) is 10.9 Å². The van der Waals surface area contributed by atoms with Crippen molar-refractivity contribution in [1.29, 1.82) is 0 Å². The number of H-pyrrole nitrogens is 1. The van der Waals surface area contributed by atoms with Gasteiger partial charge in [-0.1, -0.05) is 11.3 Å².